The molecule has 2 amide bonds. The first kappa shape index (κ1) is 13.2. The van der Waals surface area contributed by atoms with Crippen LogP contribution in [0.3, 0.4) is 0 Å². The molecule has 0 aromatic heterocycles. The smallest absolute Gasteiger partial charge is 0.239 e. The average Bonchev–Trinajstić information content (AvgIpc) is 2.29. The van der Waals surface area contributed by atoms with Gasteiger partial charge in [-0.25, -0.2) is 0 Å². The number of hydrogen-bond acceptors (Lipinski definition) is 3. The highest BCUT2D eigenvalue weighted by Crippen LogP contribution is 2.12. The molecule has 0 radical (unpaired) electrons. The van der Waals surface area contributed by atoms with Gasteiger partial charge in [-0.1, -0.05) is 30.3 Å². The van der Waals surface area contributed by atoms with Crippen LogP contribution in [0, 0.1) is 0 Å². The Morgan fingerprint density at radius 3 is 2.41 bits per heavy atom. The molecule has 0 aliphatic rings. The van der Waals surface area contributed by atoms with Gasteiger partial charge in [0.1, 0.15) is 6.04 Å². The molecule has 0 aliphatic carbocycles. The number of rotatable bonds is 5. The highest BCUT2D eigenvalue weighted by Gasteiger charge is 2.15. The van der Waals surface area contributed by atoms with Gasteiger partial charge in [-0.15, -0.1) is 0 Å². The van der Waals surface area contributed by atoms with E-state index in [0.717, 1.165) is 5.56 Å². The number of nitrogens with one attached hydrogen (secondary N) is 1. The zero-order chi connectivity index (χ0) is 12.8. The molecule has 0 aliphatic heterocycles. The molecule has 17 heavy (non-hydrogen) atoms. The lowest BCUT2D eigenvalue weighted by atomic mass is 10.0. The SMILES string of the molecule is C[C@H](NC(=O)CC(N)c1ccccc1)C(N)=O. The number of nitrogens with two attached hydrogens (primary N) is 2. The summed E-state index contributed by atoms with van der Waals surface area (Å²) in [6.45, 7) is 1.54. The molecule has 5 nitrogen and oxygen atoms in total. The van der Waals surface area contributed by atoms with E-state index in [1.165, 1.54) is 6.92 Å². The average molecular weight is 235 g/mol. The zero-order valence-corrected chi connectivity index (χ0v) is 9.72. The Balaban J connectivity index is 2.49. The second-order valence-corrected chi connectivity index (χ2v) is 3.91. The van der Waals surface area contributed by atoms with Crippen molar-refractivity contribution in [2.45, 2.75) is 25.4 Å². The van der Waals surface area contributed by atoms with Gasteiger partial charge in [0, 0.05) is 12.5 Å². The second kappa shape index (κ2) is 6.00. The third kappa shape index (κ3) is 4.24. The predicted molar refractivity (Wildman–Crippen MR) is 64.8 cm³/mol. The molecular formula is C12H17N3O2. The fourth-order valence-corrected chi connectivity index (χ4v) is 1.39. The maximum Gasteiger partial charge on any atom is 0.239 e. The standard InChI is InChI=1S/C12H17N3O2/c1-8(12(14)17)15-11(16)7-10(13)9-5-3-2-4-6-9/h2-6,8,10H,7,13H2,1H3,(H2,14,17)(H,15,16)/t8-,10?/m0/s1. The van der Waals surface area contributed by atoms with E-state index in [1.54, 1.807) is 0 Å². The fourth-order valence-electron chi connectivity index (χ4n) is 1.39. The van der Waals surface area contributed by atoms with Crippen molar-refractivity contribution < 1.29 is 9.59 Å². The summed E-state index contributed by atoms with van der Waals surface area (Å²) in [6, 6.07) is 8.26. The van der Waals surface area contributed by atoms with Crippen LogP contribution in [0.25, 0.3) is 0 Å². The number of primary amides is 1. The fraction of sp³-hybridized carbons (Fsp3) is 0.333. The molecule has 5 heteroatoms. The molecule has 0 saturated heterocycles. The largest absolute Gasteiger partial charge is 0.368 e. The van der Waals surface area contributed by atoms with Gasteiger partial charge in [-0.2, -0.15) is 0 Å². The summed E-state index contributed by atoms with van der Waals surface area (Å²) in [4.78, 5) is 22.3. The van der Waals surface area contributed by atoms with Crippen molar-refractivity contribution in [1.82, 2.24) is 5.32 Å². The van der Waals surface area contributed by atoms with E-state index in [-0.39, 0.29) is 18.4 Å². The maximum absolute atomic E-state index is 11.5. The van der Waals surface area contributed by atoms with Crippen LogP contribution >= 0.6 is 0 Å². The van der Waals surface area contributed by atoms with Crippen LogP contribution < -0.4 is 16.8 Å². The minimum absolute atomic E-state index is 0.127. The summed E-state index contributed by atoms with van der Waals surface area (Å²) in [6.07, 6.45) is 0.127. The van der Waals surface area contributed by atoms with Gasteiger partial charge >= 0.3 is 0 Å². The number of amides is 2. The van der Waals surface area contributed by atoms with Crippen molar-refractivity contribution >= 4 is 11.8 Å². The summed E-state index contributed by atoms with van der Waals surface area (Å²) in [7, 11) is 0. The Kier molecular flexibility index (Phi) is 4.66. The molecule has 1 rings (SSSR count). The summed E-state index contributed by atoms with van der Waals surface area (Å²) >= 11 is 0. The van der Waals surface area contributed by atoms with Gasteiger partial charge < -0.3 is 16.8 Å². The third-order valence-corrected chi connectivity index (χ3v) is 2.44. The van der Waals surface area contributed by atoms with Crippen molar-refractivity contribution in [3.8, 4) is 0 Å². The van der Waals surface area contributed by atoms with E-state index in [9.17, 15) is 9.59 Å². The first-order chi connectivity index (χ1) is 8.00. The minimum atomic E-state index is -0.675. The van der Waals surface area contributed by atoms with Crippen LogP contribution in [-0.2, 0) is 9.59 Å². The lowest BCUT2D eigenvalue weighted by molar-refractivity contribution is -0.127. The molecule has 5 N–H and O–H groups in total. The number of carbonyl (C=O) groups is 2. The summed E-state index contributed by atoms with van der Waals surface area (Å²) in [5.74, 6) is -0.848. The molecule has 0 spiro atoms. The topological polar surface area (TPSA) is 98.2 Å². The number of hydrogen-bond donors (Lipinski definition) is 3. The van der Waals surface area contributed by atoms with E-state index in [0.29, 0.717) is 0 Å². The third-order valence-electron chi connectivity index (χ3n) is 2.44. The molecule has 1 unspecified atom stereocenters. The van der Waals surface area contributed by atoms with Crippen LogP contribution in [0.4, 0.5) is 0 Å². The van der Waals surface area contributed by atoms with Crippen LogP contribution in [0.1, 0.15) is 24.9 Å². The van der Waals surface area contributed by atoms with Crippen molar-refractivity contribution in [2.75, 3.05) is 0 Å². The second-order valence-electron chi connectivity index (χ2n) is 3.91. The maximum atomic E-state index is 11.5. The lowest BCUT2D eigenvalue weighted by Gasteiger charge is -2.14. The van der Waals surface area contributed by atoms with Gasteiger partial charge in [0.15, 0.2) is 0 Å². The quantitative estimate of drug-likeness (QED) is 0.673. The predicted octanol–water partition coefficient (Wildman–Crippen LogP) is 0.0665. The van der Waals surface area contributed by atoms with Crippen molar-refractivity contribution in [2.24, 2.45) is 11.5 Å². The monoisotopic (exact) mass is 235 g/mol. The normalized spacial score (nSPS) is 13.8. The van der Waals surface area contributed by atoms with Gasteiger partial charge in [-0.3, -0.25) is 9.59 Å². The Morgan fingerprint density at radius 1 is 1.29 bits per heavy atom. The Hall–Kier alpha value is -1.88. The zero-order valence-electron chi connectivity index (χ0n) is 9.72. The van der Waals surface area contributed by atoms with Crippen molar-refractivity contribution in [3.63, 3.8) is 0 Å². The van der Waals surface area contributed by atoms with Gasteiger partial charge in [-0.05, 0) is 12.5 Å². The van der Waals surface area contributed by atoms with Gasteiger partial charge in [0.25, 0.3) is 0 Å². The van der Waals surface area contributed by atoms with E-state index in [1.807, 2.05) is 30.3 Å². The van der Waals surface area contributed by atoms with E-state index < -0.39 is 11.9 Å². The van der Waals surface area contributed by atoms with Crippen LogP contribution in [0.15, 0.2) is 30.3 Å². The molecule has 92 valence electrons. The van der Waals surface area contributed by atoms with Crippen LogP contribution in [0.2, 0.25) is 0 Å². The molecule has 0 heterocycles. The van der Waals surface area contributed by atoms with Crippen molar-refractivity contribution in [1.29, 1.82) is 0 Å². The highest BCUT2D eigenvalue weighted by atomic mass is 16.2. The first-order valence-corrected chi connectivity index (χ1v) is 5.40. The lowest BCUT2D eigenvalue weighted by Crippen LogP contribution is -2.42. The molecule has 0 saturated carbocycles. The summed E-state index contributed by atoms with van der Waals surface area (Å²) in [5, 5.41) is 2.49. The number of carbonyl (C=O) groups excluding carboxylic acids is 2. The molecule has 2 atom stereocenters. The van der Waals surface area contributed by atoms with Gasteiger partial charge in [0.05, 0.1) is 0 Å². The van der Waals surface area contributed by atoms with E-state index >= 15 is 0 Å². The van der Waals surface area contributed by atoms with E-state index in [2.05, 4.69) is 5.32 Å². The van der Waals surface area contributed by atoms with Crippen molar-refractivity contribution in [3.05, 3.63) is 35.9 Å². The van der Waals surface area contributed by atoms with E-state index in [4.69, 9.17) is 11.5 Å². The minimum Gasteiger partial charge on any atom is -0.368 e. The number of benzene rings is 1. The highest BCUT2D eigenvalue weighted by molar-refractivity contribution is 5.86. The molecule has 1 aromatic carbocycles. The molecule has 1 aromatic rings. The first-order valence-electron chi connectivity index (χ1n) is 5.40. The molecular weight excluding hydrogens is 218 g/mol. The van der Waals surface area contributed by atoms with Crippen LogP contribution in [0.5, 0.6) is 0 Å². The molecule has 0 fully saturated rings. The Morgan fingerprint density at radius 2 is 1.88 bits per heavy atom. The molecule has 0 bridgehead atoms. The van der Waals surface area contributed by atoms with Gasteiger partial charge in [0.2, 0.25) is 11.8 Å². The van der Waals surface area contributed by atoms with Crippen LogP contribution in [-0.4, -0.2) is 17.9 Å². The Bertz CT molecular complexity index is 392. The summed E-state index contributed by atoms with van der Waals surface area (Å²) in [5.41, 5.74) is 11.8. The summed E-state index contributed by atoms with van der Waals surface area (Å²) < 4.78 is 0. The Labute approximate surface area is 100 Å².